The molecule has 0 saturated heterocycles. The Morgan fingerprint density at radius 2 is 2.33 bits per heavy atom. The van der Waals surface area contributed by atoms with E-state index in [4.69, 9.17) is 0 Å². The molecule has 2 rings (SSSR count). The van der Waals surface area contributed by atoms with Crippen LogP contribution in [0.1, 0.15) is 0 Å². The van der Waals surface area contributed by atoms with E-state index in [-0.39, 0.29) is 0 Å². The van der Waals surface area contributed by atoms with Crippen LogP contribution in [0.5, 0.6) is 0 Å². The van der Waals surface area contributed by atoms with Crippen LogP contribution in [-0.4, -0.2) is 12.2 Å². The van der Waals surface area contributed by atoms with Crippen LogP contribution in [-0.2, 0) is 0 Å². The molecule has 0 aromatic rings. The highest BCUT2D eigenvalue weighted by molar-refractivity contribution is 6.05. The fourth-order valence-corrected chi connectivity index (χ4v) is 0.576. The van der Waals surface area contributed by atoms with Gasteiger partial charge in [-0.2, -0.15) is 0 Å². The van der Waals surface area contributed by atoms with Crippen molar-refractivity contribution in [1.82, 2.24) is 5.32 Å². The standard InChI is InChI=1S/C4H2N5/c1-3-4(6-2-5-1)8-9-7-3/h1-2H. The van der Waals surface area contributed by atoms with E-state index in [9.17, 15) is 0 Å². The van der Waals surface area contributed by atoms with E-state index < -0.39 is 0 Å². The summed E-state index contributed by atoms with van der Waals surface area (Å²) < 4.78 is 0. The Kier molecular flexibility index (Phi) is 0.717. The van der Waals surface area contributed by atoms with Gasteiger partial charge in [0.05, 0.1) is 6.20 Å². The Hall–Kier alpha value is -1.52. The van der Waals surface area contributed by atoms with Crippen LogP contribution in [0.15, 0.2) is 32.3 Å². The molecule has 0 aromatic heterocycles. The van der Waals surface area contributed by atoms with Crippen molar-refractivity contribution < 1.29 is 0 Å². The van der Waals surface area contributed by atoms with Gasteiger partial charge in [0.25, 0.3) is 0 Å². The van der Waals surface area contributed by atoms with E-state index in [0.717, 1.165) is 0 Å². The highest BCUT2D eigenvalue weighted by Gasteiger charge is 2.13. The van der Waals surface area contributed by atoms with E-state index in [1.807, 2.05) is 0 Å². The first-order valence-corrected chi connectivity index (χ1v) is 2.38. The summed E-state index contributed by atoms with van der Waals surface area (Å²) in [6.45, 7) is 0. The maximum atomic E-state index is 3.79. The predicted octanol–water partition coefficient (Wildman–Crippen LogP) is 0.253. The number of nitrogens with zero attached hydrogens (tertiary/aromatic N) is 5. The van der Waals surface area contributed by atoms with Crippen molar-refractivity contribution in [3.63, 3.8) is 0 Å². The summed E-state index contributed by atoms with van der Waals surface area (Å²) in [7, 11) is 0. The van der Waals surface area contributed by atoms with Crippen molar-refractivity contribution in [3.8, 4) is 0 Å². The van der Waals surface area contributed by atoms with Crippen molar-refractivity contribution in [2.75, 3.05) is 0 Å². The molecule has 2 aliphatic rings. The summed E-state index contributed by atoms with van der Waals surface area (Å²) in [6.07, 6.45) is 2.99. The minimum atomic E-state index is 0.546. The molecule has 2 aliphatic heterocycles. The third-order valence-corrected chi connectivity index (χ3v) is 0.965. The normalized spacial score (nSPS) is 20.4. The Balaban J connectivity index is 2.46. The van der Waals surface area contributed by atoms with E-state index in [2.05, 4.69) is 25.7 Å². The van der Waals surface area contributed by atoms with Gasteiger partial charge in [-0.3, -0.25) is 0 Å². The fourth-order valence-electron chi connectivity index (χ4n) is 0.576. The third-order valence-electron chi connectivity index (χ3n) is 0.965. The van der Waals surface area contributed by atoms with E-state index in [1.54, 1.807) is 6.20 Å². The van der Waals surface area contributed by atoms with Gasteiger partial charge in [0, 0.05) is 0 Å². The highest BCUT2D eigenvalue weighted by Crippen LogP contribution is 2.09. The first-order chi connectivity index (χ1) is 4.47. The van der Waals surface area contributed by atoms with Crippen molar-refractivity contribution in [2.45, 2.75) is 0 Å². The Bertz CT molecular complexity index is 246. The van der Waals surface area contributed by atoms with Gasteiger partial charge in [-0.25, -0.2) is 10.3 Å². The van der Waals surface area contributed by atoms with Gasteiger partial charge in [0.2, 0.25) is 5.84 Å². The molecule has 43 valence electrons. The maximum Gasteiger partial charge on any atom is 0.207 e. The Labute approximate surface area is 50.9 Å². The van der Waals surface area contributed by atoms with Gasteiger partial charge in [0.1, 0.15) is 6.34 Å². The molecule has 2 heterocycles. The summed E-state index contributed by atoms with van der Waals surface area (Å²) >= 11 is 0. The number of fused-ring (bicyclic) bond motifs is 1. The summed E-state index contributed by atoms with van der Waals surface area (Å²) in [5.41, 5.74) is 0.637. The lowest BCUT2D eigenvalue weighted by Gasteiger charge is -1.96. The van der Waals surface area contributed by atoms with Gasteiger partial charge in [-0.1, -0.05) is 0 Å². The zero-order valence-electron chi connectivity index (χ0n) is 4.39. The van der Waals surface area contributed by atoms with Gasteiger partial charge in [0.15, 0.2) is 5.70 Å². The minimum absolute atomic E-state index is 0.546. The smallest absolute Gasteiger partial charge is 0.207 e. The first-order valence-electron chi connectivity index (χ1n) is 2.38. The molecule has 9 heavy (non-hydrogen) atoms. The first kappa shape index (κ1) is 4.37. The monoisotopic (exact) mass is 120 g/mol. The molecule has 0 spiro atoms. The van der Waals surface area contributed by atoms with Crippen LogP contribution in [0.2, 0.25) is 0 Å². The summed E-state index contributed by atoms with van der Waals surface area (Å²) in [4.78, 5) is 3.73. The second kappa shape index (κ2) is 1.48. The summed E-state index contributed by atoms with van der Waals surface area (Å²) in [5, 5.41) is 14.4. The largest absolute Gasteiger partial charge is 0.242 e. The summed E-state index contributed by atoms with van der Waals surface area (Å²) in [6, 6.07) is 0. The second-order valence-electron chi connectivity index (χ2n) is 1.52. The molecule has 0 aromatic carbocycles. The molecular weight excluding hydrogens is 118 g/mol. The van der Waals surface area contributed by atoms with Crippen LogP contribution < -0.4 is 5.32 Å². The molecule has 0 N–H and O–H groups in total. The molecule has 0 aliphatic carbocycles. The van der Waals surface area contributed by atoms with E-state index in [0.29, 0.717) is 11.5 Å². The lowest BCUT2D eigenvalue weighted by Crippen LogP contribution is -2.15. The quantitative estimate of drug-likeness (QED) is 0.440. The zero-order chi connectivity index (χ0) is 6.10. The topological polar surface area (TPSA) is 63.5 Å². The minimum Gasteiger partial charge on any atom is -0.242 e. The average Bonchev–Trinajstić information content (AvgIpc) is 2.33. The van der Waals surface area contributed by atoms with Crippen molar-refractivity contribution in [3.05, 3.63) is 11.9 Å². The lowest BCUT2D eigenvalue weighted by atomic mass is 10.4. The number of hydrogen-bond donors (Lipinski definition) is 0. The molecule has 5 nitrogen and oxygen atoms in total. The molecule has 0 fully saturated rings. The lowest BCUT2D eigenvalue weighted by molar-refractivity contribution is 1.09. The molecule has 0 bridgehead atoms. The number of amidine groups is 1. The molecule has 1 radical (unpaired) electrons. The van der Waals surface area contributed by atoms with Gasteiger partial charge >= 0.3 is 0 Å². The van der Waals surface area contributed by atoms with E-state index >= 15 is 0 Å². The van der Waals surface area contributed by atoms with Gasteiger partial charge in [-0.05, 0) is 5.22 Å². The van der Waals surface area contributed by atoms with E-state index in [1.165, 1.54) is 6.34 Å². The number of rotatable bonds is 0. The number of aliphatic imine (C=N–C) groups is 1. The van der Waals surface area contributed by atoms with Gasteiger partial charge in [-0.15, -0.1) is 10.2 Å². The van der Waals surface area contributed by atoms with Crippen LogP contribution in [0.25, 0.3) is 0 Å². The van der Waals surface area contributed by atoms with Crippen LogP contribution in [0, 0.1) is 0 Å². The highest BCUT2D eigenvalue weighted by atomic mass is 15.4. The number of hydrogen-bond acceptors (Lipinski definition) is 4. The molecule has 0 unspecified atom stereocenters. The maximum absolute atomic E-state index is 3.79. The molecule has 0 amide bonds. The molecule has 0 atom stereocenters. The Morgan fingerprint density at radius 1 is 1.33 bits per heavy atom. The SMILES string of the molecule is C1=NC=C2N=NN=C2[N]1. The zero-order valence-corrected chi connectivity index (χ0v) is 4.39. The predicted molar refractivity (Wildman–Crippen MR) is 31.0 cm³/mol. The summed E-state index contributed by atoms with van der Waals surface area (Å²) in [5.74, 6) is 0.546. The molecule has 5 heteroatoms. The third kappa shape index (κ3) is 0.543. The van der Waals surface area contributed by atoms with Crippen LogP contribution in [0.4, 0.5) is 0 Å². The average molecular weight is 120 g/mol. The van der Waals surface area contributed by atoms with Gasteiger partial charge < -0.3 is 0 Å². The van der Waals surface area contributed by atoms with Crippen molar-refractivity contribution in [1.29, 1.82) is 0 Å². The molecule has 0 saturated carbocycles. The second-order valence-corrected chi connectivity index (χ2v) is 1.52. The van der Waals surface area contributed by atoms with Crippen molar-refractivity contribution >= 4 is 12.2 Å². The molecular formula is C4H2N5. The fraction of sp³-hybridized carbons (Fsp3) is 0. The Morgan fingerprint density at radius 3 is 3.22 bits per heavy atom. The van der Waals surface area contributed by atoms with Crippen LogP contribution in [0.3, 0.4) is 0 Å². The van der Waals surface area contributed by atoms with Crippen molar-refractivity contribution in [2.24, 2.45) is 20.4 Å². The van der Waals surface area contributed by atoms with Crippen LogP contribution >= 0.6 is 0 Å².